The second kappa shape index (κ2) is 5.03. The van der Waals surface area contributed by atoms with Crippen LogP contribution in [0.3, 0.4) is 0 Å². The average molecular weight is 237 g/mol. The van der Waals surface area contributed by atoms with Crippen molar-refractivity contribution in [2.45, 2.75) is 32.0 Å². The molecule has 0 aromatic carbocycles. The molecule has 17 heavy (non-hydrogen) atoms. The lowest BCUT2D eigenvalue weighted by atomic mass is 10.1. The number of piperazine rings is 1. The van der Waals surface area contributed by atoms with Crippen LogP contribution in [-0.4, -0.2) is 66.7 Å². The molecule has 5 heteroatoms. The Balaban J connectivity index is 2.01. The fourth-order valence-electron chi connectivity index (χ4n) is 2.28. The van der Waals surface area contributed by atoms with Crippen molar-refractivity contribution in [3.05, 3.63) is 11.4 Å². The number of nitrogens with zero attached hydrogens (tertiary/aromatic N) is 3. The van der Waals surface area contributed by atoms with E-state index in [1.807, 2.05) is 4.90 Å². The molecule has 2 atom stereocenters. The molecule has 2 rings (SSSR count). The number of epoxide rings is 1. The maximum absolute atomic E-state index is 12.0. The van der Waals surface area contributed by atoms with Gasteiger partial charge in [-0.3, -0.25) is 9.69 Å². The molecule has 0 aromatic heterocycles. The molecule has 2 fully saturated rings. The van der Waals surface area contributed by atoms with Crippen LogP contribution in [-0.2, 0) is 9.53 Å². The Bertz CT molecular complexity index is 333. The average Bonchev–Trinajstić information content (AvgIpc) is 3.12. The molecule has 2 aliphatic heterocycles. The van der Waals surface area contributed by atoms with Crippen LogP contribution in [0.15, 0.2) is 0 Å². The molecule has 0 radical (unpaired) electrons. The molecule has 2 unspecified atom stereocenters. The van der Waals surface area contributed by atoms with E-state index in [0.717, 1.165) is 19.6 Å². The maximum atomic E-state index is 12.0. The Hall–Kier alpha value is -1.12. The standard InChI is InChI=1S/C12H19N3O2/c1-9(2)14-4-5-15(10(7-14)6-13-3)12(16)11-8-17-11/h9-11H,4-8H2,1-2H3. The third-order valence-corrected chi connectivity index (χ3v) is 3.44. The predicted octanol–water partition coefficient (Wildman–Crippen LogP) is 0.226. The van der Waals surface area contributed by atoms with E-state index < -0.39 is 0 Å². The SMILES string of the molecule is [C-]#[N+]CC1CN(C(C)C)CCN1C(=O)C1CO1. The quantitative estimate of drug-likeness (QED) is 0.521. The fraction of sp³-hybridized carbons (Fsp3) is 0.833. The van der Waals surface area contributed by atoms with Crippen LogP contribution in [0, 0.1) is 6.57 Å². The minimum Gasteiger partial charge on any atom is -0.363 e. The zero-order valence-electron chi connectivity index (χ0n) is 10.4. The van der Waals surface area contributed by atoms with Crippen LogP contribution in [0.2, 0.25) is 0 Å². The van der Waals surface area contributed by atoms with Gasteiger partial charge in [-0.25, -0.2) is 6.57 Å². The zero-order chi connectivity index (χ0) is 12.4. The van der Waals surface area contributed by atoms with Crippen molar-refractivity contribution in [3.63, 3.8) is 0 Å². The number of carbonyl (C=O) groups excluding carboxylic acids is 1. The first-order valence-electron chi connectivity index (χ1n) is 6.13. The second-order valence-corrected chi connectivity index (χ2v) is 4.94. The van der Waals surface area contributed by atoms with E-state index >= 15 is 0 Å². The van der Waals surface area contributed by atoms with Crippen molar-refractivity contribution in [1.29, 1.82) is 0 Å². The van der Waals surface area contributed by atoms with Crippen molar-refractivity contribution >= 4 is 5.91 Å². The number of ether oxygens (including phenoxy) is 1. The molecule has 0 spiro atoms. The van der Waals surface area contributed by atoms with Gasteiger partial charge >= 0.3 is 0 Å². The minimum atomic E-state index is -0.228. The Labute approximate surface area is 102 Å². The van der Waals surface area contributed by atoms with Gasteiger partial charge in [-0.15, -0.1) is 0 Å². The summed E-state index contributed by atoms with van der Waals surface area (Å²) in [5, 5.41) is 0. The van der Waals surface area contributed by atoms with Crippen molar-refractivity contribution < 1.29 is 9.53 Å². The molecule has 94 valence electrons. The van der Waals surface area contributed by atoms with Gasteiger partial charge in [0.1, 0.15) is 6.04 Å². The van der Waals surface area contributed by atoms with Gasteiger partial charge in [-0.2, -0.15) is 0 Å². The molecule has 1 amide bonds. The fourth-order valence-corrected chi connectivity index (χ4v) is 2.28. The summed E-state index contributed by atoms with van der Waals surface area (Å²) in [7, 11) is 0. The molecule has 0 bridgehead atoms. The number of amides is 1. The Morgan fingerprint density at radius 2 is 2.24 bits per heavy atom. The summed E-state index contributed by atoms with van der Waals surface area (Å²) >= 11 is 0. The van der Waals surface area contributed by atoms with Gasteiger partial charge in [0, 0.05) is 25.7 Å². The summed E-state index contributed by atoms with van der Waals surface area (Å²) in [5.74, 6) is 0.0713. The number of hydrogen-bond donors (Lipinski definition) is 0. The lowest BCUT2D eigenvalue weighted by molar-refractivity contribution is -0.137. The smallest absolute Gasteiger partial charge is 0.254 e. The van der Waals surface area contributed by atoms with Crippen LogP contribution in [0.25, 0.3) is 4.85 Å². The van der Waals surface area contributed by atoms with Crippen LogP contribution in [0.5, 0.6) is 0 Å². The monoisotopic (exact) mass is 237 g/mol. The van der Waals surface area contributed by atoms with Gasteiger partial charge in [0.05, 0.1) is 6.61 Å². The van der Waals surface area contributed by atoms with E-state index in [1.165, 1.54) is 0 Å². The van der Waals surface area contributed by atoms with Crippen molar-refractivity contribution in [3.8, 4) is 0 Å². The molecule has 0 N–H and O–H groups in total. The number of rotatable bonds is 3. The first kappa shape index (κ1) is 12.3. The molecule has 2 aliphatic rings. The molecule has 0 aromatic rings. The van der Waals surface area contributed by atoms with Crippen molar-refractivity contribution in [2.24, 2.45) is 0 Å². The summed E-state index contributed by atoms with van der Waals surface area (Å²) in [6, 6.07) is 0.498. The molecular weight excluding hydrogens is 218 g/mol. The van der Waals surface area contributed by atoms with Crippen LogP contribution in [0.1, 0.15) is 13.8 Å². The Morgan fingerprint density at radius 1 is 1.53 bits per heavy atom. The van der Waals surface area contributed by atoms with Gasteiger partial charge in [0.15, 0.2) is 6.10 Å². The third-order valence-electron chi connectivity index (χ3n) is 3.44. The highest BCUT2D eigenvalue weighted by atomic mass is 16.6. The summed E-state index contributed by atoms with van der Waals surface area (Å²) in [6.07, 6.45) is -0.228. The highest BCUT2D eigenvalue weighted by Crippen LogP contribution is 2.19. The molecule has 5 nitrogen and oxygen atoms in total. The first-order valence-corrected chi connectivity index (χ1v) is 6.13. The highest BCUT2D eigenvalue weighted by molar-refractivity contribution is 5.83. The summed E-state index contributed by atoms with van der Waals surface area (Å²) in [5.41, 5.74) is 0. The van der Waals surface area contributed by atoms with Crippen molar-refractivity contribution in [1.82, 2.24) is 9.80 Å². The van der Waals surface area contributed by atoms with Gasteiger partial charge in [0.2, 0.25) is 6.54 Å². The molecule has 2 saturated heterocycles. The molecular formula is C12H19N3O2. The van der Waals surface area contributed by atoms with E-state index in [1.54, 1.807) is 0 Å². The van der Waals surface area contributed by atoms with Gasteiger partial charge in [-0.1, -0.05) is 0 Å². The van der Waals surface area contributed by atoms with E-state index in [9.17, 15) is 4.79 Å². The van der Waals surface area contributed by atoms with Crippen LogP contribution >= 0.6 is 0 Å². The summed E-state index contributed by atoms with van der Waals surface area (Å²) < 4.78 is 5.04. The van der Waals surface area contributed by atoms with E-state index in [4.69, 9.17) is 11.3 Å². The second-order valence-electron chi connectivity index (χ2n) is 4.94. The Morgan fingerprint density at radius 3 is 2.76 bits per heavy atom. The first-order chi connectivity index (χ1) is 8.13. The van der Waals surface area contributed by atoms with E-state index in [-0.39, 0.29) is 18.1 Å². The highest BCUT2D eigenvalue weighted by Gasteiger charge is 2.41. The van der Waals surface area contributed by atoms with E-state index in [2.05, 4.69) is 23.6 Å². The van der Waals surface area contributed by atoms with Gasteiger partial charge in [0.25, 0.3) is 5.91 Å². The summed E-state index contributed by atoms with van der Waals surface area (Å²) in [4.78, 5) is 19.6. The van der Waals surface area contributed by atoms with Crippen LogP contribution < -0.4 is 0 Å². The molecule has 0 aliphatic carbocycles. The largest absolute Gasteiger partial charge is 0.363 e. The molecule has 2 heterocycles. The maximum Gasteiger partial charge on any atom is 0.254 e. The summed E-state index contributed by atoms with van der Waals surface area (Å²) in [6.45, 7) is 14.7. The molecule has 0 saturated carbocycles. The van der Waals surface area contributed by atoms with Gasteiger partial charge < -0.3 is 14.5 Å². The normalized spacial score (nSPS) is 29.2. The third kappa shape index (κ3) is 2.76. The van der Waals surface area contributed by atoms with E-state index in [0.29, 0.717) is 19.2 Å². The number of carbonyl (C=O) groups is 1. The minimum absolute atomic E-state index is 0.0281. The predicted molar refractivity (Wildman–Crippen MR) is 63.4 cm³/mol. The topological polar surface area (TPSA) is 40.4 Å². The number of hydrogen-bond acceptors (Lipinski definition) is 3. The lowest BCUT2D eigenvalue weighted by Crippen LogP contribution is -2.58. The van der Waals surface area contributed by atoms with Crippen molar-refractivity contribution in [2.75, 3.05) is 32.8 Å². The lowest BCUT2D eigenvalue weighted by Gasteiger charge is -2.40. The van der Waals surface area contributed by atoms with Crippen LogP contribution in [0.4, 0.5) is 0 Å². The zero-order valence-corrected chi connectivity index (χ0v) is 10.4. The Kier molecular flexibility index (Phi) is 3.65. The van der Waals surface area contributed by atoms with Gasteiger partial charge in [-0.05, 0) is 13.8 Å².